The predicted molar refractivity (Wildman–Crippen MR) is 181 cm³/mol. The summed E-state index contributed by atoms with van der Waals surface area (Å²) >= 11 is 0. The van der Waals surface area contributed by atoms with Gasteiger partial charge in [0, 0.05) is 30.2 Å². The number of benzene rings is 3. The summed E-state index contributed by atoms with van der Waals surface area (Å²) in [4.78, 5) is 24.8. The molecular formula is C40H48O5. The van der Waals surface area contributed by atoms with Crippen LogP contribution in [0, 0.1) is 36.5 Å². The first-order valence-electron chi connectivity index (χ1n) is 15.9. The minimum Gasteiger partial charge on any atom is -0.458 e. The van der Waals surface area contributed by atoms with Gasteiger partial charge in [-0.25, -0.2) is 9.59 Å². The largest absolute Gasteiger partial charge is 0.458 e. The van der Waals surface area contributed by atoms with Crippen molar-refractivity contribution in [3.8, 4) is 11.8 Å². The van der Waals surface area contributed by atoms with Crippen molar-refractivity contribution in [3.63, 3.8) is 0 Å². The van der Waals surface area contributed by atoms with E-state index >= 15 is 0 Å². The van der Waals surface area contributed by atoms with Crippen molar-refractivity contribution in [1.29, 1.82) is 0 Å². The number of carbonyl (C=O) groups is 2. The highest BCUT2D eigenvalue weighted by Gasteiger charge is 2.30. The highest BCUT2D eigenvalue weighted by molar-refractivity contribution is 5.91. The maximum atomic E-state index is 12.5. The molecule has 0 spiro atoms. The summed E-state index contributed by atoms with van der Waals surface area (Å²) < 4.78 is 15.8. The zero-order chi connectivity index (χ0) is 32.6. The fraction of sp³-hybridized carbons (Fsp3) is 0.400. The molecule has 1 aliphatic rings. The Balaban J connectivity index is 0.000000525. The number of hydrogen-bond acceptors (Lipinski definition) is 5. The Morgan fingerprint density at radius 1 is 0.889 bits per heavy atom. The van der Waals surface area contributed by atoms with E-state index in [1.54, 1.807) is 31.4 Å². The Hall–Kier alpha value is -4.14. The van der Waals surface area contributed by atoms with Crippen molar-refractivity contribution >= 4 is 11.9 Å². The molecule has 1 unspecified atom stereocenters. The number of hydrogen-bond donors (Lipinski definition) is 0. The van der Waals surface area contributed by atoms with E-state index in [1.807, 2.05) is 67.6 Å². The second kappa shape index (κ2) is 18.6. The van der Waals surface area contributed by atoms with Crippen LogP contribution < -0.4 is 0 Å². The van der Waals surface area contributed by atoms with Crippen LogP contribution in [0.25, 0.3) is 0 Å². The van der Waals surface area contributed by atoms with E-state index in [-0.39, 0.29) is 12.6 Å². The summed E-state index contributed by atoms with van der Waals surface area (Å²) in [6, 6.07) is 25.2. The Bertz CT molecular complexity index is 1410. The molecule has 3 aromatic rings. The molecule has 4 rings (SSSR count). The summed E-state index contributed by atoms with van der Waals surface area (Å²) in [7, 11) is 1.70. The molecule has 1 fully saturated rings. The third-order valence-corrected chi connectivity index (χ3v) is 7.37. The molecule has 238 valence electrons. The lowest BCUT2D eigenvalue weighted by molar-refractivity contribution is -0.140. The Kier molecular flexibility index (Phi) is 14.6. The monoisotopic (exact) mass is 608 g/mol. The summed E-state index contributed by atoms with van der Waals surface area (Å²) in [5.41, 5.74) is 5.32. The van der Waals surface area contributed by atoms with Crippen LogP contribution in [0.1, 0.15) is 86.0 Å². The lowest BCUT2D eigenvalue weighted by Crippen LogP contribution is -2.18. The molecule has 0 N–H and O–H groups in total. The summed E-state index contributed by atoms with van der Waals surface area (Å²) in [5, 5.41) is 0. The molecule has 1 atom stereocenters. The first-order chi connectivity index (χ1) is 21.6. The van der Waals surface area contributed by atoms with E-state index in [2.05, 4.69) is 39.5 Å². The molecule has 5 heteroatoms. The van der Waals surface area contributed by atoms with Gasteiger partial charge in [-0.05, 0) is 85.9 Å². The fourth-order valence-electron chi connectivity index (χ4n) is 5.25. The van der Waals surface area contributed by atoms with E-state index in [1.165, 1.54) is 11.1 Å². The quantitative estimate of drug-likeness (QED) is 0.124. The first kappa shape index (κ1) is 35.3. The number of cyclic esters (lactones) is 1. The lowest BCUT2D eigenvalue weighted by atomic mass is 9.86. The van der Waals surface area contributed by atoms with Crippen molar-refractivity contribution in [1.82, 2.24) is 0 Å². The topological polar surface area (TPSA) is 61.8 Å². The molecule has 0 bridgehead atoms. The molecule has 0 aromatic heterocycles. The van der Waals surface area contributed by atoms with Gasteiger partial charge < -0.3 is 14.2 Å². The molecule has 0 aliphatic carbocycles. The van der Waals surface area contributed by atoms with Crippen molar-refractivity contribution in [3.05, 3.63) is 118 Å². The van der Waals surface area contributed by atoms with Crippen LogP contribution in [0.4, 0.5) is 0 Å². The number of rotatable bonds is 11. The van der Waals surface area contributed by atoms with Crippen LogP contribution in [-0.4, -0.2) is 31.8 Å². The van der Waals surface area contributed by atoms with Gasteiger partial charge in [-0.1, -0.05) is 93.6 Å². The molecular weight excluding hydrogens is 560 g/mol. The summed E-state index contributed by atoms with van der Waals surface area (Å²) in [6.07, 6.45) is 5.27. The van der Waals surface area contributed by atoms with Gasteiger partial charge in [0.1, 0.15) is 12.7 Å². The molecule has 5 nitrogen and oxygen atoms in total. The van der Waals surface area contributed by atoms with E-state index in [0.717, 1.165) is 30.4 Å². The number of esters is 2. The molecule has 1 aliphatic heterocycles. The summed E-state index contributed by atoms with van der Waals surface area (Å²) in [6.45, 7) is 11.8. The van der Waals surface area contributed by atoms with E-state index in [0.29, 0.717) is 41.9 Å². The van der Waals surface area contributed by atoms with Crippen LogP contribution >= 0.6 is 0 Å². The zero-order valence-electron chi connectivity index (χ0n) is 27.7. The Morgan fingerprint density at radius 2 is 1.47 bits per heavy atom. The normalized spacial score (nSPS) is 15.0. The van der Waals surface area contributed by atoms with Crippen LogP contribution in [0.3, 0.4) is 0 Å². The van der Waals surface area contributed by atoms with Gasteiger partial charge in [0.2, 0.25) is 0 Å². The lowest BCUT2D eigenvalue weighted by Gasteiger charge is -2.19. The molecule has 3 aromatic carbocycles. The minimum atomic E-state index is -0.435. The molecule has 0 radical (unpaired) electrons. The average Bonchev–Trinajstić information content (AvgIpc) is 3.38. The van der Waals surface area contributed by atoms with Gasteiger partial charge >= 0.3 is 11.9 Å². The molecule has 1 saturated heterocycles. The number of carbonyl (C=O) groups excluding carboxylic acids is 2. The molecule has 45 heavy (non-hydrogen) atoms. The zero-order valence-corrected chi connectivity index (χ0v) is 27.7. The van der Waals surface area contributed by atoms with E-state index < -0.39 is 12.1 Å². The maximum absolute atomic E-state index is 12.5. The van der Waals surface area contributed by atoms with E-state index in [9.17, 15) is 9.59 Å². The highest BCUT2D eigenvalue weighted by atomic mass is 16.6. The minimum absolute atomic E-state index is 0.0539. The van der Waals surface area contributed by atoms with Crippen molar-refractivity contribution in [2.24, 2.45) is 17.8 Å². The van der Waals surface area contributed by atoms with E-state index in [4.69, 9.17) is 14.2 Å². The Labute approximate surface area is 270 Å². The van der Waals surface area contributed by atoms with Gasteiger partial charge in [0.05, 0.1) is 12.2 Å². The highest BCUT2D eigenvalue weighted by Crippen LogP contribution is 2.27. The molecule has 0 saturated carbocycles. The number of aryl methyl sites for hydroxylation is 1. The fourth-order valence-corrected chi connectivity index (χ4v) is 5.25. The van der Waals surface area contributed by atoms with Gasteiger partial charge in [0.25, 0.3) is 0 Å². The van der Waals surface area contributed by atoms with Gasteiger partial charge in [-0.15, -0.1) is 0 Å². The number of methoxy groups -OCH3 is 1. The Morgan fingerprint density at radius 3 is 2.02 bits per heavy atom. The predicted octanol–water partition coefficient (Wildman–Crippen LogP) is 8.73. The van der Waals surface area contributed by atoms with Crippen molar-refractivity contribution in [2.75, 3.05) is 13.7 Å². The average molecular weight is 609 g/mol. The van der Waals surface area contributed by atoms with Gasteiger partial charge in [-0.3, -0.25) is 0 Å². The SMILES string of the molecule is COCc1ccccc1.Cc1ccc(C#Cc2ccc(C(=O)OCC3C/C(=C\CC(CC(C)C)CC(C)C)C(=O)O3)cc2)cc1. The van der Waals surface area contributed by atoms with Crippen molar-refractivity contribution < 1.29 is 23.8 Å². The second-order valence-corrected chi connectivity index (χ2v) is 12.5. The van der Waals surface area contributed by atoms with Crippen molar-refractivity contribution in [2.45, 2.75) is 73.0 Å². The standard InChI is InChI=1S/C32H38O4.C8H10O/c1-22(2)18-27(19-23(3)4)14-17-29-20-30(36-32(29)34)21-35-31(33)28-15-12-26(13-16-28)11-10-25-8-6-24(5)7-9-25;1-9-7-8-5-3-2-4-6-8/h6-9,12-13,15-17,22-23,27,30H,14,18-21H2,1-5H3;2-6H,7H2,1H3/b29-17+;. The van der Waals surface area contributed by atoms with Crippen LogP contribution in [-0.2, 0) is 25.6 Å². The van der Waals surface area contributed by atoms with Gasteiger partial charge in [-0.2, -0.15) is 0 Å². The second-order valence-electron chi connectivity index (χ2n) is 12.5. The van der Waals surface area contributed by atoms with Gasteiger partial charge in [0.15, 0.2) is 0 Å². The molecule has 1 heterocycles. The summed E-state index contributed by atoms with van der Waals surface area (Å²) in [5.74, 6) is 7.32. The third kappa shape index (κ3) is 13.2. The van der Waals surface area contributed by atoms with Crippen LogP contribution in [0.2, 0.25) is 0 Å². The van der Waals surface area contributed by atoms with Crippen LogP contribution in [0.5, 0.6) is 0 Å². The number of ether oxygens (including phenoxy) is 3. The third-order valence-electron chi connectivity index (χ3n) is 7.37. The molecule has 0 amide bonds. The number of allylic oxidation sites excluding steroid dienone is 1. The first-order valence-corrected chi connectivity index (χ1v) is 15.9. The maximum Gasteiger partial charge on any atom is 0.338 e. The van der Waals surface area contributed by atoms with Crippen LogP contribution in [0.15, 0.2) is 90.5 Å². The smallest absolute Gasteiger partial charge is 0.338 e.